The van der Waals surface area contributed by atoms with Crippen LogP contribution in [0, 0.1) is 11.8 Å². The van der Waals surface area contributed by atoms with E-state index in [0.717, 1.165) is 6.42 Å². The van der Waals surface area contributed by atoms with Crippen molar-refractivity contribution in [2.45, 2.75) is 63.6 Å². The lowest BCUT2D eigenvalue weighted by atomic mass is 9.97. The number of carbonyl (C=O) groups excluding carboxylic acids is 1. The van der Waals surface area contributed by atoms with E-state index >= 15 is 0 Å². The van der Waals surface area contributed by atoms with E-state index in [0.29, 0.717) is 11.9 Å². The summed E-state index contributed by atoms with van der Waals surface area (Å²) in [4.78, 5) is 11.8. The van der Waals surface area contributed by atoms with Gasteiger partial charge in [-0.3, -0.25) is 4.79 Å². The van der Waals surface area contributed by atoms with Crippen LogP contribution in [0.1, 0.15) is 51.4 Å². The standard InChI is InChI=1S/C15H22O2/c16-15-11-8-9-13(15)14(10-11)17-12-6-4-2-1-3-5-7-12/h8-9,11-14H,1-7,10H2. The number of hydrogen-bond acceptors (Lipinski definition) is 2. The molecule has 0 aromatic rings. The van der Waals surface area contributed by atoms with Crippen molar-refractivity contribution in [1.82, 2.24) is 0 Å². The van der Waals surface area contributed by atoms with Crippen LogP contribution in [0.25, 0.3) is 0 Å². The monoisotopic (exact) mass is 234 g/mol. The fraction of sp³-hybridized carbons (Fsp3) is 0.800. The summed E-state index contributed by atoms with van der Waals surface area (Å²) in [6.45, 7) is 0. The Morgan fingerprint density at radius 3 is 2.29 bits per heavy atom. The zero-order chi connectivity index (χ0) is 11.7. The van der Waals surface area contributed by atoms with Crippen molar-refractivity contribution in [2.24, 2.45) is 11.8 Å². The summed E-state index contributed by atoms with van der Waals surface area (Å²) in [5.41, 5.74) is 0. The molecule has 0 aromatic heterocycles. The Morgan fingerprint density at radius 1 is 1.00 bits per heavy atom. The largest absolute Gasteiger partial charge is 0.374 e. The summed E-state index contributed by atoms with van der Waals surface area (Å²) in [6, 6.07) is 0. The smallest absolute Gasteiger partial charge is 0.149 e. The van der Waals surface area contributed by atoms with Gasteiger partial charge >= 0.3 is 0 Å². The molecule has 2 bridgehead atoms. The maximum absolute atomic E-state index is 11.8. The fourth-order valence-electron chi connectivity index (χ4n) is 3.53. The summed E-state index contributed by atoms with van der Waals surface area (Å²) in [6.07, 6.45) is 14.8. The Labute approximate surface area is 103 Å². The molecular weight excluding hydrogens is 212 g/mol. The second-order valence-corrected chi connectivity index (χ2v) is 5.80. The molecule has 2 nitrogen and oxygen atoms in total. The molecule has 0 radical (unpaired) electrons. The summed E-state index contributed by atoms with van der Waals surface area (Å²) >= 11 is 0. The summed E-state index contributed by atoms with van der Waals surface area (Å²) in [7, 11) is 0. The number of carbonyl (C=O) groups is 1. The molecule has 3 aliphatic carbocycles. The molecule has 0 amide bonds. The molecule has 0 spiro atoms. The predicted molar refractivity (Wildman–Crippen MR) is 66.7 cm³/mol. The third-order valence-electron chi connectivity index (χ3n) is 4.55. The Kier molecular flexibility index (Phi) is 3.32. The highest BCUT2D eigenvalue weighted by Crippen LogP contribution is 2.39. The zero-order valence-corrected chi connectivity index (χ0v) is 10.4. The van der Waals surface area contributed by atoms with Crippen molar-refractivity contribution in [3.8, 4) is 0 Å². The maximum atomic E-state index is 11.8. The minimum atomic E-state index is 0.0884. The number of rotatable bonds is 2. The predicted octanol–water partition coefficient (Wildman–Crippen LogP) is 3.26. The first-order valence-corrected chi connectivity index (χ1v) is 7.22. The molecule has 3 atom stereocenters. The molecule has 3 rings (SSSR count). The molecule has 0 aliphatic heterocycles. The maximum Gasteiger partial charge on any atom is 0.149 e. The molecule has 0 N–H and O–H groups in total. The van der Waals surface area contributed by atoms with Gasteiger partial charge in [-0.15, -0.1) is 0 Å². The van der Waals surface area contributed by atoms with Gasteiger partial charge in [0.15, 0.2) is 0 Å². The Balaban J connectivity index is 1.56. The van der Waals surface area contributed by atoms with Gasteiger partial charge in [-0.2, -0.15) is 0 Å². The van der Waals surface area contributed by atoms with E-state index in [-0.39, 0.29) is 17.9 Å². The van der Waals surface area contributed by atoms with Crippen LogP contribution < -0.4 is 0 Å². The van der Waals surface area contributed by atoms with Crippen molar-refractivity contribution in [3.05, 3.63) is 12.2 Å². The molecule has 0 saturated heterocycles. The van der Waals surface area contributed by atoms with Gasteiger partial charge in [0.25, 0.3) is 0 Å². The minimum absolute atomic E-state index is 0.0884. The van der Waals surface area contributed by atoms with Crippen LogP contribution >= 0.6 is 0 Å². The number of ether oxygens (including phenoxy) is 1. The Bertz CT molecular complexity index is 313. The Hall–Kier alpha value is -0.630. The summed E-state index contributed by atoms with van der Waals surface area (Å²) in [5.74, 6) is 0.671. The van der Waals surface area contributed by atoms with Crippen LogP contribution in [0.3, 0.4) is 0 Å². The number of Topliss-reactive ketones (excluding diaryl/α,β-unsaturated/α-hetero) is 1. The van der Waals surface area contributed by atoms with E-state index in [1.807, 2.05) is 0 Å². The van der Waals surface area contributed by atoms with Crippen LogP contribution in [0.15, 0.2) is 12.2 Å². The van der Waals surface area contributed by atoms with E-state index in [4.69, 9.17) is 4.74 Å². The first-order valence-electron chi connectivity index (χ1n) is 7.22. The third-order valence-corrected chi connectivity index (χ3v) is 4.55. The molecule has 3 aliphatic rings. The van der Waals surface area contributed by atoms with Crippen molar-refractivity contribution in [1.29, 1.82) is 0 Å². The average Bonchev–Trinajstić information content (AvgIpc) is 2.78. The summed E-state index contributed by atoms with van der Waals surface area (Å²) in [5, 5.41) is 0. The Morgan fingerprint density at radius 2 is 1.71 bits per heavy atom. The summed E-state index contributed by atoms with van der Waals surface area (Å²) < 4.78 is 6.22. The molecule has 3 unspecified atom stereocenters. The van der Waals surface area contributed by atoms with Crippen LogP contribution in [0.5, 0.6) is 0 Å². The van der Waals surface area contributed by atoms with Gasteiger partial charge in [0.2, 0.25) is 0 Å². The molecule has 2 heteroatoms. The first-order chi connectivity index (χ1) is 8.34. The van der Waals surface area contributed by atoms with E-state index in [2.05, 4.69) is 12.2 Å². The topological polar surface area (TPSA) is 26.3 Å². The molecule has 2 saturated carbocycles. The SMILES string of the molecule is O=C1C2C=CC1C(OC1CCCCCCC1)C2. The molecular formula is C15H22O2. The third kappa shape index (κ3) is 2.33. The molecule has 94 valence electrons. The number of hydrogen-bond donors (Lipinski definition) is 0. The van der Waals surface area contributed by atoms with E-state index in [1.54, 1.807) is 0 Å². The minimum Gasteiger partial charge on any atom is -0.374 e. The van der Waals surface area contributed by atoms with Crippen molar-refractivity contribution < 1.29 is 9.53 Å². The van der Waals surface area contributed by atoms with Crippen molar-refractivity contribution in [2.75, 3.05) is 0 Å². The fourth-order valence-corrected chi connectivity index (χ4v) is 3.53. The van der Waals surface area contributed by atoms with Crippen molar-refractivity contribution >= 4 is 5.78 Å². The normalized spacial score (nSPS) is 38.4. The number of ketones is 1. The van der Waals surface area contributed by atoms with Crippen LogP contribution in [0.2, 0.25) is 0 Å². The molecule has 0 heterocycles. The van der Waals surface area contributed by atoms with Crippen molar-refractivity contribution in [3.63, 3.8) is 0 Å². The lowest BCUT2D eigenvalue weighted by Crippen LogP contribution is -2.27. The van der Waals surface area contributed by atoms with E-state index in [9.17, 15) is 4.79 Å². The van der Waals surface area contributed by atoms with E-state index in [1.165, 1.54) is 44.9 Å². The van der Waals surface area contributed by atoms with Gasteiger partial charge < -0.3 is 4.74 Å². The lowest BCUT2D eigenvalue weighted by Gasteiger charge is -2.26. The second kappa shape index (κ2) is 4.93. The highest BCUT2D eigenvalue weighted by atomic mass is 16.5. The quantitative estimate of drug-likeness (QED) is 0.685. The van der Waals surface area contributed by atoms with Gasteiger partial charge in [-0.25, -0.2) is 0 Å². The van der Waals surface area contributed by atoms with Crippen LogP contribution in [0.4, 0.5) is 0 Å². The lowest BCUT2D eigenvalue weighted by molar-refractivity contribution is -0.122. The molecule has 0 aromatic carbocycles. The van der Waals surface area contributed by atoms with E-state index < -0.39 is 0 Å². The first kappa shape index (κ1) is 11.5. The average molecular weight is 234 g/mol. The van der Waals surface area contributed by atoms with Gasteiger partial charge in [-0.05, 0) is 19.3 Å². The van der Waals surface area contributed by atoms with Crippen LogP contribution in [-0.2, 0) is 9.53 Å². The van der Waals surface area contributed by atoms with Crippen LogP contribution in [-0.4, -0.2) is 18.0 Å². The zero-order valence-electron chi connectivity index (χ0n) is 10.4. The van der Waals surface area contributed by atoms with Gasteiger partial charge in [0, 0.05) is 5.92 Å². The molecule has 2 fully saturated rings. The van der Waals surface area contributed by atoms with Gasteiger partial charge in [0.05, 0.1) is 18.1 Å². The van der Waals surface area contributed by atoms with Gasteiger partial charge in [0.1, 0.15) is 5.78 Å². The number of allylic oxidation sites excluding steroid dienone is 1. The second-order valence-electron chi connectivity index (χ2n) is 5.80. The molecule has 17 heavy (non-hydrogen) atoms. The highest BCUT2D eigenvalue weighted by Gasteiger charge is 2.44. The number of fused-ring (bicyclic) bond motifs is 2. The van der Waals surface area contributed by atoms with Gasteiger partial charge in [-0.1, -0.05) is 44.3 Å². The highest BCUT2D eigenvalue weighted by molar-refractivity contribution is 5.92.